The minimum absolute atomic E-state index is 1.20. The summed E-state index contributed by atoms with van der Waals surface area (Å²) in [6, 6.07) is 4.21. The molecule has 0 aliphatic carbocycles. The molecule has 0 aliphatic rings. The molecule has 2 aromatic rings. The number of rotatable bonds is 0. The molecule has 2 nitrogen and oxygen atoms in total. The number of hydrogen-bond acceptors (Lipinski definition) is 1. The zero-order valence-electron chi connectivity index (χ0n) is 8.70. The second-order valence-electron chi connectivity index (χ2n) is 2.86. The standard InChI is InChI=1S/C9H10N2.C2H6/c1-7-5-9-8(2)3-4-11(9)10-6-7;1-2/h3-6H,1-2H3;1-2H3. The van der Waals surface area contributed by atoms with Crippen molar-refractivity contribution in [3.63, 3.8) is 0 Å². The molecule has 0 fully saturated rings. The molecule has 0 N–H and O–H groups in total. The van der Waals surface area contributed by atoms with Crippen molar-refractivity contribution in [1.29, 1.82) is 0 Å². The minimum Gasteiger partial charge on any atom is -0.241 e. The van der Waals surface area contributed by atoms with Crippen LogP contribution in [0.15, 0.2) is 24.5 Å². The molecule has 0 saturated carbocycles. The molecule has 0 radical (unpaired) electrons. The Morgan fingerprint density at radius 3 is 2.62 bits per heavy atom. The van der Waals surface area contributed by atoms with Gasteiger partial charge in [0.1, 0.15) is 0 Å². The third kappa shape index (κ3) is 1.89. The summed E-state index contributed by atoms with van der Waals surface area (Å²) in [6.07, 6.45) is 3.84. The minimum atomic E-state index is 1.20. The Labute approximate surface area is 79.2 Å². The molecule has 0 amide bonds. The smallest absolute Gasteiger partial charge is 0.0678 e. The van der Waals surface area contributed by atoms with E-state index in [2.05, 4.69) is 31.1 Å². The van der Waals surface area contributed by atoms with Gasteiger partial charge in [-0.1, -0.05) is 13.8 Å². The Hall–Kier alpha value is -1.31. The lowest BCUT2D eigenvalue weighted by Gasteiger charge is -1.95. The van der Waals surface area contributed by atoms with Gasteiger partial charge in [-0.3, -0.25) is 0 Å². The summed E-state index contributed by atoms with van der Waals surface area (Å²) in [5.74, 6) is 0. The normalized spacial score (nSPS) is 9.54. The van der Waals surface area contributed by atoms with Gasteiger partial charge in [-0.05, 0) is 37.1 Å². The van der Waals surface area contributed by atoms with Crippen molar-refractivity contribution >= 4 is 5.52 Å². The van der Waals surface area contributed by atoms with Crippen LogP contribution in [0.2, 0.25) is 0 Å². The van der Waals surface area contributed by atoms with Crippen molar-refractivity contribution in [2.24, 2.45) is 0 Å². The molecular formula is C11H16N2. The van der Waals surface area contributed by atoms with Crippen LogP contribution >= 0.6 is 0 Å². The Morgan fingerprint density at radius 1 is 1.23 bits per heavy atom. The van der Waals surface area contributed by atoms with Crippen LogP contribution in [0.25, 0.3) is 5.52 Å². The maximum absolute atomic E-state index is 4.22. The van der Waals surface area contributed by atoms with Gasteiger partial charge in [0.05, 0.1) is 11.7 Å². The van der Waals surface area contributed by atoms with Gasteiger partial charge in [-0.2, -0.15) is 5.10 Å². The molecule has 0 aliphatic heterocycles. The molecule has 2 rings (SSSR count). The molecule has 0 bridgehead atoms. The van der Waals surface area contributed by atoms with Gasteiger partial charge < -0.3 is 0 Å². The quantitative estimate of drug-likeness (QED) is 0.603. The van der Waals surface area contributed by atoms with Gasteiger partial charge in [0.15, 0.2) is 0 Å². The van der Waals surface area contributed by atoms with Crippen molar-refractivity contribution < 1.29 is 0 Å². The molecule has 13 heavy (non-hydrogen) atoms. The van der Waals surface area contributed by atoms with E-state index in [0.29, 0.717) is 0 Å². The second-order valence-corrected chi connectivity index (χ2v) is 2.86. The first-order valence-electron chi connectivity index (χ1n) is 4.68. The Morgan fingerprint density at radius 2 is 1.92 bits per heavy atom. The monoisotopic (exact) mass is 176 g/mol. The van der Waals surface area contributed by atoms with Crippen LogP contribution in [0.1, 0.15) is 25.0 Å². The summed E-state index contributed by atoms with van der Waals surface area (Å²) >= 11 is 0. The van der Waals surface area contributed by atoms with E-state index in [1.165, 1.54) is 16.6 Å². The van der Waals surface area contributed by atoms with E-state index in [-0.39, 0.29) is 0 Å². The van der Waals surface area contributed by atoms with Gasteiger partial charge in [0, 0.05) is 6.20 Å². The maximum atomic E-state index is 4.22. The lowest BCUT2D eigenvalue weighted by Crippen LogP contribution is -1.89. The van der Waals surface area contributed by atoms with E-state index in [9.17, 15) is 0 Å². The number of nitrogens with zero attached hydrogens (tertiary/aromatic N) is 2. The van der Waals surface area contributed by atoms with Crippen molar-refractivity contribution in [1.82, 2.24) is 9.61 Å². The summed E-state index contributed by atoms with van der Waals surface area (Å²) in [4.78, 5) is 0. The highest BCUT2D eigenvalue weighted by Crippen LogP contribution is 2.10. The van der Waals surface area contributed by atoms with E-state index < -0.39 is 0 Å². The van der Waals surface area contributed by atoms with Crippen molar-refractivity contribution in [2.45, 2.75) is 27.7 Å². The average Bonchev–Trinajstić information content (AvgIpc) is 2.52. The Bertz CT molecular complexity index is 388. The zero-order chi connectivity index (χ0) is 9.84. The SMILES string of the molecule is CC.Cc1cnn2ccc(C)c2c1. The Kier molecular flexibility index (Phi) is 3.07. The summed E-state index contributed by atoms with van der Waals surface area (Å²) in [5, 5.41) is 4.22. The Balaban J connectivity index is 0.000000396. The predicted octanol–water partition coefficient (Wildman–Crippen LogP) is 2.98. The average molecular weight is 176 g/mol. The predicted molar refractivity (Wildman–Crippen MR) is 56.0 cm³/mol. The van der Waals surface area contributed by atoms with Crippen molar-refractivity contribution in [3.8, 4) is 0 Å². The highest BCUT2D eigenvalue weighted by Gasteiger charge is 1.96. The van der Waals surface area contributed by atoms with Crippen LogP contribution in [0.3, 0.4) is 0 Å². The zero-order valence-corrected chi connectivity index (χ0v) is 8.70. The summed E-state index contributed by atoms with van der Waals surface area (Å²) < 4.78 is 1.89. The van der Waals surface area contributed by atoms with Crippen molar-refractivity contribution in [3.05, 3.63) is 35.7 Å². The summed E-state index contributed by atoms with van der Waals surface area (Å²) in [6.45, 7) is 8.15. The topological polar surface area (TPSA) is 17.3 Å². The van der Waals surface area contributed by atoms with Gasteiger partial charge in [0.25, 0.3) is 0 Å². The third-order valence-corrected chi connectivity index (χ3v) is 1.87. The van der Waals surface area contributed by atoms with Crippen LogP contribution in [0.4, 0.5) is 0 Å². The van der Waals surface area contributed by atoms with E-state index >= 15 is 0 Å². The highest BCUT2D eigenvalue weighted by molar-refractivity contribution is 5.54. The molecule has 0 atom stereocenters. The molecular weight excluding hydrogens is 160 g/mol. The first-order valence-corrected chi connectivity index (χ1v) is 4.68. The largest absolute Gasteiger partial charge is 0.241 e. The lowest BCUT2D eigenvalue weighted by atomic mass is 10.2. The number of hydrogen-bond donors (Lipinski definition) is 0. The highest BCUT2D eigenvalue weighted by atomic mass is 15.2. The van der Waals surface area contributed by atoms with E-state index in [1.807, 2.05) is 30.8 Å². The lowest BCUT2D eigenvalue weighted by molar-refractivity contribution is 0.931. The fourth-order valence-corrected chi connectivity index (χ4v) is 1.22. The fraction of sp³-hybridized carbons (Fsp3) is 0.364. The molecule has 0 aromatic carbocycles. The number of fused-ring (bicyclic) bond motifs is 1. The molecule has 0 spiro atoms. The van der Waals surface area contributed by atoms with Crippen LogP contribution in [0.5, 0.6) is 0 Å². The third-order valence-electron chi connectivity index (χ3n) is 1.87. The molecule has 70 valence electrons. The second kappa shape index (κ2) is 4.08. The van der Waals surface area contributed by atoms with Gasteiger partial charge in [0.2, 0.25) is 0 Å². The van der Waals surface area contributed by atoms with E-state index in [0.717, 1.165) is 0 Å². The fourth-order valence-electron chi connectivity index (χ4n) is 1.22. The van der Waals surface area contributed by atoms with Crippen LogP contribution in [-0.2, 0) is 0 Å². The van der Waals surface area contributed by atoms with Crippen LogP contribution in [0, 0.1) is 13.8 Å². The molecule has 2 heterocycles. The van der Waals surface area contributed by atoms with Gasteiger partial charge >= 0.3 is 0 Å². The van der Waals surface area contributed by atoms with Crippen LogP contribution < -0.4 is 0 Å². The molecule has 2 heteroatoms. The van der Waals surface area contributed by atoms with Crippen LogP contribution in [-0.4, -0.2) is 9.61 Å². The maximum Gasteiger partial charge on any atom is 0.0678 e. The first kappa shape index (κ1) is 9.78. The van der Waals surface area contributed by atoms with Crippen molar-refractivity contribution in [2.75, 3.05) is 0 Å². The summed E-state index contributed by atoms with van der Waals surface area (Å²) in [7, 11) is 0. The molecule has 0 saturated heterocycles. The van der Waals surface area contributed by atoms with Gasteiger partial charge in [-0.15, -0.1) is 0 Å². The van der Waals surface area contributed by atoms with E-state index in [1.54, 1.807) is 0 Å². The first-order chi connectivity index (χ1) is 6.27. The molecule has 2 aromatic heterocycles. The summed E-state index contributed by atoms with van der Waals surface area (Å²) in [5.41, 5.74) is 3.69. The van der Waals surface area contributed by atoms with E-state index in [4.69, 9.17) is 0 Å². The molecule has 0 unspecified atom stereocenters. The number of aryl methyl sites for hydroxylation is 2. The van der Waals surface area contributed by atoms with Gasteiger partial charge in [-0.25, -0.2) is 4.52 Å². The number of aromatic nitrogens is 2.